The van der Waals surface area contributed by atoms with Crippen molar-refractivity contribution in [3.63, 3.8) is 0 Å². The molecule has 6 heteroatoms. The molecule has 20 heavy (non-hydrogen) atoms. The third kappa shape index (κ3) is 3.64. The summed E-state index contributed by atoms with van der Waals surface area (Å²) in [6.45, 7) is 4.14. The first-order valence-electron chi connectivity index (χ1n) is 6.60. The molecule has 1 N–H and O–H groups in total. The first-order chi connectivity index (χ1) is 9.85. The predicted octanol–water partition coefficient (Wildman–Crippen LogP) is 2.09. The van der Waals surface area contributed by atoms with Gasteiger partial charge in [-0.15, -0.1) is 5.10 Å². The van der Waals surface area contributed by atoms with Gasteiger partial charge in [0, 0.05) is 25.9 Å². The minimum absolute atomic E-state index is 0.508. The lowest BCUT2D eigenvalue weighted by atomic mass is 10.3. The maximum atomic E-state index is 4.98. The van der Waals surface area contributed by atoms with Crippen LogP contribution < -0.4 is 10.2 Å². The van der Waals surface area contributed by atoms with Gasteiger partial charge < -0.3 is 15.0 Å². The molecule has 2 aromatic rings. The van der Waals surface area contributed by atoms with Gasteiger partial charge in [0.2, 0.25) is 5.95 Å². The molecule has 0 aliphatic rings. The average Bonchev–Trinajstić information content (AvgIpc) is 2.50. The van der Waals surface area contributed by atoms with Crippen molar-refractivity contribution in [1.29, 1.82) is 0 Å². The maximum absolute atomic E-state index is 4.98. The normalized spacial score (nSPS) is 10.3. The van der Waals surface area contributed by atoms with E-state index < -0.39 is 0 Å². The van der Waals surface area contributed by atoms with Crippen LogP contribution in [0.2, 0.25) is 0 Å². The number of hydrogen-bond donors (Lipinski definition) is 1. The van der Waals surface area contributed by atoms with E-state index in [1.165, 1.54) is 0 Å². The summed E-state index contributed by atoms with van der Waals surface area (Å²) < 4.78 is 4.98. The minimum Gasteiger partial charge on any atom is -0.383 e. The highest BCUT2D eigenvalue weighted by atomic mass is 16.5. The fourth-order valence-electron chi connectivity index (χ4n) is 1.85. The van der Waals surface area contributed by atoms with Crippen molar-refractivity contribution in [2.45, 2.75) is 6.92 Å². The molecule has 106 valence electrons. The number of nitrogens with zero attached hydrogens (tertiary/aromatic N) is 4. The van der Waals surface area contributed by atoms with E-state index in [1.54, 1.807) is 13.3 Å². The largest absolute Gasteiger partial charge is 0.383 e. The summed E-state index contributed by atoms with van der Waals surface area (Å²) in [5.41, 5.74) is 1.08. The topological polar surface area (TPSA) is 63.2 Å². The summed E-state index contributed by atoms with van der Waals surface area (Å²) in [4.78, 5) is 6.56. The van der Waals surface area contributed by atoms with Crippen molar-refractivity contribution in [3.8, 4) is 0 Å². The third-order valence-electron chi connectivity index (χ3n) is 2.80. The SMILES string of the molecule is CCN(c1ccccc1)c1cnnc(NCCOC)n1. The van der Waals surface area contributed by atoms with Crippen molar-refractivity contribution >= 4 is 17.5 Å². The monoisotopic (exact) mass is 273 g/mol. The summed E-state index contributed by atoms with van der Waals surface area (Å²) in [7, 11) is 1.66. The van der Waals surface area contributed by atoms with E-state index in [2.05, 4.69) is 32.3 Å². The molecule has 0 amide bonds. The average molecular weight is 273 g/mol. The van der Waals surface area contributed by atoms with E-state index in [9.17, 15) is 0 Å². The second kappa shape index (κ2) is 7.40. The summed E-state index contributed by atoms with van der Waals surface area (Å²) in [5.74, 6) is 1.28. The second-order valence-corrected chi connectivity index (χ2v) is 4.14. The van der Waals surface area contributed by atoms with Gasteiger partial charge in [0.25, 0.3) is 0 Å². The number of para-hydroxylation sites is 1. The molecule has 0 saturated heterocycles. The number of nitrogens with one attached hydrogen (secondary N) is 1. The van der Waals surface area contributed by atoms with Gasteiger partial charge in [0.15, 0.2) is 5.82 Å². The third-order valence-corrected chi connectivity index (χ3v) is 2.80. The number of methoxy groups -OCH3 is 1. The standard InChI is InChI=1S/C14H19N5O/c1-3-19(12-7-5-4-6-8-12)13-11-16-18-14(17-13)15-9-10-20-2/h4-8,11H,3,9-10H2,1-2H3,(H,15,17,18). The van der Waals surface area contributed by atoms with Gasteiger partial charge >= 0.3 is 0 Å². The fraction of sp³-hybridized carbons (Fsp3) is 0.357. The number of hydrogen-bond acceptors (Lipinski definition) is 6. The fourth-order valence-corrected chi connectivity index (χ4v) is 1.85. The van der Waals surface area contributed by atoms with Crippen LogP contribution in [-0.2, 0) is 4.74 Å². The van der Waals surface area contributed by atoms with E-state index in [0.717, 1.165) is 18.1 Å². The van der Waals surface area contributed by atoms with Crippen LogP contribution in [0.5, 0.6) is 0 Å². The van der Waals surface area contributed by atoms with E-state index in [1.807, 2.05) is 30.3 Å². The van der Waals surface area contributed by atoms with Gasteiger partial charge in [-0.2, -0.15) is 10.1 Å². The zero-order valence-electron chi connectivity index (χ0n) is 11.8. The molecular weight excluding hydrogens is 254 g/mol. The molecule has 0 unspecified atom stereocenters. The Morgan fingerprint density at radius 3 is 2.75 bits per heavy atom. The molecular formula is C14H19N5O. The molecule has 0 radical (unpaired) electrons. The Hall–Kier alpha value is -2.21. The molecule has 0 atom stereocenters. The maximum Gasteiger partial charge on any atom is 0.244 e. The number of ether oxygens (including phenoxy) is 1. The molecule has 6 nitrogen and oxygen atoms in total. The van der Waals surface area contributed by atoms with Crippen LogP contribution in [0.25, 0.3) is 0 Å². The molecule has 0 aliphatic carbocycles. The van der Waals surface area contributed by atoms with Crippen molar-refractivity contribution in [2.75, 3.05) is 37.0 Å². The summed E-state index contributed by atoms with van der Waals surface area (Å²) >= 11 is 0. The number of aromatic nitrogens is 3. The second-order valence-electron chi connectivity index (χ2n) is 4.14. The molecule has 0 spiro atoms. The molecule has 1 aromatic carbocycles. The van der Waals surface area contributed by atoms with E-state index >= 15 is 0 Å². The Kier molecular flexibility index (Phi) is 5.25. The molecule has 0 bridgehead atoms. The van der Waals surface area contributed by atoms with Crippen LogP contribution in [0.4, 0.5) is 17.5 Å². The Bertz CT molecular complexity index is 520. The highest BCUT2D eigenvalue weighted by molar-refractivity contribution is 5.59. The van der Waals surface area contributed by atoms with Gasteiger partial charge in [-0.3, -0.25) is 0 Å². The van der Waals surface area contributed by atoms with E-state index in [4.69, 9.17) is 4.74 Å². The Labute approximate surface area is 118 Å². The first kappa shape index (κ1) is 14.2. The first-order valence-corrected chi connectivity index (χ1v) is 6.60. The van der Waals surface area contributed by atoms with Crippen molar-refractivity contribution in [2.24, 2.45) is 0 Å². The van der Waals surface area contributed by atoms with Gasteiger partial charge in [-0.25, -0.2) is 0 Å². The zero-order chi connectivity index (χ0) is 14.2. The van der Waals surface area contributed by atoms with Crippen molar-refractivity contribution < 1.29 is 4.74 Å². The van der Waals surface area contributed by atoms with Crippen LogP contribution in [0, 0.1) is 0 Å². The molecule has 2 rings (SSSR count). The Balaban J connectivity index is 2.16. The van der Waals surface area contributed by atoms with Crippen molar-refractivity contribution in [3.05, 3.63) is 36.5 Å². The Morgan fingerprint density at radius 2 is 2.05 bits per heavy atom. The van der Waals surface area contributed by atoms with Gasteiger partial charge in [0.1, 0.15) is 0 Å². The predicted molar refractivity (Wildman–Crippen MR) is 79.3 cm³/mol. The summed E-state index contributed by atoms with van der Waals surface area (Å²) in [5, 5.41) is 11.0. The van der Waals surface area contributed by atoms with Gasteiger partial charge in [0.05, 0.1) is 12.8 Å². The summed E-state index contributed by atoms with van der Waals surface area (Å²) in [6.07, 6.45) is 1.66. The molecule has 0 fully saturated rings. The molecule has 0 saturated carbocycles. The smallest absolute Gasteiger partial charge is 0.244 e. The highest BCUT2D eigenvalue weighted by Crippen LogP contribution is 2.22. The highest BCUT2D eigenvalue weighted by Gasteiger charge is 2.10. The van der Waals surface area contributed by atoms with Crippen molar-refractivity contribution in [1.82, 2.24) is 15.2 Å². The number of benzene rings is 1. The van der Waals surface area contributed by atoms with Crippen LogP contribution in [0.1, 0.15) is 6.92 Å². The lowest BCUT2D eigenvalue weighted by Gasteiger charge is -2.21. The zero-order valence-corrected chi connectivity index (χ0v) is 11.8. The number of anilines is 3. The van der Waals surface area contributed by atoms with Crippen LogP contribution in [-0.4, -0.2) is 42.0 Å². The number of rotatable bonds is 7. The van der Waals surface area contributed by atoms with Crippen LogP contribution >= 0.6 is 0 Å². The molecule has 1 heterocycles. The van der Waals surface area contributed by atoms with E-state index in [0.29, 0.717) is 19.1 Å². The molecule has 1 aromatic heterocycles. The quantitative estimate of drug-likeness (QED) is 0.779. The van der Waals surface area contributed by atoms with Crippen LogP contribution in [0.15, 0.2) is 36.5 Å². The minimum atomic E-state index is 0.508. The van der Waals surface area contributed by atoms with Gasteiger partial charge in [-0.05, 0) is 19.1 Å². The molecule has 0 aliphatic heterocycles. The summed E-state index contributed by atoms with van der Waals surface area (Å²) in [6, 6.07) is 10.1. The Morgan fingerprint density at radius 1 is 1.25 bits per heavy atom. The van der Waals surface area contributed by atoms with Crippen LogP contribution in [0.3, 0.4) is 0 Å². The lowest BCUT2D eigenvalue weighted by molar-refractivity contribution is 0.210. The van der Waals surface area contributed by atoms with E-state index in [-0.39, 0.29) is 0 Å². The van der Waals surface area contributed by atoms with Gasteiger partial charge in [-0.1, -0.05) is 18.2 Å². The lowest BCUT2D eigenvalue weighted by Crippen LogP contribution is -2.19.